The Morgan fingerprint density at radius 1 is 1.15 bits per heavy atom. The number of hydrogen-bond acceptors (Lipinski definition) is 7. The number of carbonyl (C=O) groups excluding carboxylic acids is 3. The van der Waals surface area contributed by atoms with Gasteiger partial charge in [0.1, 0.15) is 0 Å². The van der Waals surface area contributed by atoms with Gasteiger partial charge in [-0.2, -0.15) is 5.10 Å². The van der Waals surface area contributed by atoms with Crippen molar-refractivity contribution in [2.45, 2.75) is 19.8 Å². The number of benzene rings is 2. The van der Waals surface area contributed by atoms with Crippen LogP contribution in [0.3, 0.4) is 0 Å². The normalized spacial score (nSPS) is 10.5. The third-order valence-corrected chi connectivity index (χ3v) is 5.02. The topological polar surface area (TPSA) is 115 Å². The average molecular weight is 588 g/mol. The van der Waals surface area contributed by atoms with Crippen molar-refractivity contribution in [3.63, 3.8) is 0 Å². The second-order valence-corrected chi connectivity index (χ2v) is 8.08. The molecule has 2 aromatic carbocycles. The molecule has 11 heteroatoms. The number of ether oxygens (including phenoxy) is 3. The van der Waals surface area contributed by atoms with Crippen LogP contribution in [0, 0.1) is 3.57 Å². The van der Waals surface area contributed by atoms with Gasteiger partial charge >= 0.3 is 5.97 Å². The first-order chi connectivity index (χ1) is 15.8. The van der Waals surface area contributed by atoms with Crippen molar-refractivity contribution in [1.29, 1.82) is 0 Å². The minimum absolute atomic E-state index is 0.00785. The molecule has 9 nitrogen and oxygen atoms in total. The molecular weight excluding hydrogens is 565 g/mol. The molecule has 2 aromatic rings. The molecule has 2 N–H and O–H groups in total. The molecule has 0 radical (unpaired) electrons. The maximum atomic E-state index is 12.0. The zero-order valence-corrected chi connectivity index (χ0v) is 20.9. The maximum absolute atomic E-state index is 12.0. The molecule has 0 aliphatic rings. The van der Waals surface area contributed by atoms with Crippen LogP contribution in [0.15, 0.2) is 41.5 Å². The Balaban J connectivity index is 1.86. The summed E-state index contributed by atoms with van der Waals surface area (Å²) in [5, 5.41) is 7.09. The summed E-state index contributed by atoms with van der Waals surface area (Å²) in [4.78, 5) is 35.5. The molecule has 0 aliphatic heterocycles. The quantitative estimate of drug-likeness (QED) is 0.179. The lowest BCUT2D eigenvalue weighted by atomic mass is 10.2. The van der Waals surface area contributed by atoms with E-state index in [-0.39, 0.29) is 32.0 Å². The first-order valence-electron chi connectivity index (χ1n) is 9.85. The molecule has 0 saturated heterocycles. The molecule has 0 aliphatic carbocycles. The second-order valence-electron chi connectivity index (χ2n) is 6.48. The first-order valence-corrected chi connectivity index (χ1v) is 11.3. The molecule has 0 atom stereocenters. The van der Waals surface area contributed by atoms with Crippen LogP contribution in [0.2, 0.25) is 5.02 Å². The van der Waals surface area contributed by atoms with Gasteiger partial charge in [-0.3, -0.25) is 9.59 Å². The Labute approximate surface area is 209 Å². The Bertz CT molecular complexity index is 1030. The van der Waals surface area contributed by atoms with Crippen LogP contribution >= 0.6 is 34.2 Å². The monoisotopic (exact) mass is 587 g/mol. The molecule has 0 bridgehead atoms. The fourth-order valence-corrected chi connectivity index (χ4v) is 3.51. The molecule has 0 unspecified atom stereocenters. The van der Waals surface area contributed by atoms with Crippen molar-refractivity contribution in [1.82, 2.24) is 5.43 Å². The van der Waals surface area contributed by atoms with Gasteiger partial charge < -0.3 is 19.5 Å². The molecule has 0 fully saturated rings. The fourth-order valence-electron chi connectivity index (χ4n) is 2.54. The van der Waals surface area contributed by atoms with Crippen molar-refractivity contribution in [3.05, 3.63) is 50.6 Å². The Hall–Kier alpha value is -2.86. The highest BCUT2D eigenvalue weighted by Crippen LogP contribution is 2.33. The van der Waals surface area contributed by atoms with Gasteiger partial charge in [-0.05, 0) is 65.4 Å². The Kier molecular flexibility index (Phi) is 10.9. The summed E-state index contributed by atoms with van der Waals surface area (Å²) < 4.78 is 16.4. The van der Waals surface area contributed by atoms with Crippen LogP contribution in [0.1, 0.15) is 25.3 Å². The number of anilines is 1. The lowest BCUT2D eigenvalue weighted by Crippen LogP contribution is -2.20. The van der Waals surface area contributed by atoms with E-state index in [0.29, 0.717) is 31.3 Å². The van der Waals surface area contributed by atoms with Crippen LogP contribution < -0.4 is 20.2 Å². The average Bonchev–Trinajstić information content (AvgIpc) is 2.77. The number of hydrazone groups is 1. The molecule has 0 spiro atoms. The van der Waals surface area contributed by atoms with E-state index in [1.54, 1.807) is 43.3 Å². The number of hydrogen-bond donors (Lipinski definition) is 2. The van der Waals surface area contributed by atoms with Crippen molar-refractivity contribution in [2.24, 2.45) is 5.10 Å². The zero-order chi connectivity index (χ0) is 24.2. The maximum Gasteiger partial charge on any atom is 0.344 e. The summed E-state index contributed by atoms with van der Waals surface area (Å²) in [6, 6.07) is 10.1. The summed E-state index contributed by atoms with van der Waals surface area (Å²) in [6.45, 7) is 1.74. The van der Waals surface area contributed by atoms with Gasteiger partial charge in [0.05, 0.1) is 23.5 Å². The smallest absolute Gasteiger partial charge is 0.344 e. The van der Waals surface area contributed by atoms with E-state index >= 15 is 0 Å². The van der Waals surface area contributed by atoms with Crippen molar-refractivity contribution in [3.8, 4) is 11.5 Å². The van der Waals surface area contributed by atoms with E-state index in [0.717, 1.165) is 0 Å². The third kappa shape index (κ3) is 9.26. The predicted octanol–water partition coefficient (Wildman–Crippen LogP) is 3.76. The lowest BCUT2D eigenvalue weighted by molar-refractivity contribution is -0.145. The highest BCUT2D eigenvalue weighted by atomic mass is 127. The summed E-state index contributed by atoms with van der Waals surface area (Å²) in [5.41, 5.74) is 3.58. The summed E-state index contributed by atoms with van der Waals surface area (Å²) in [7, 11) is 1.47. The summed E-state index contributed by atoms with van der Waals surface area (Å²) in [6.07, 6.45) is 1.39. The summed E-state index contributed by atoms with van der Waals surface area (Å²) in [5.74, 6) is -0.405. The van der Waals surface area contributed by atoms with E-state index < -0.39 is 11.9 Å². The number of methoxy groups -OCH3 is 1. The molecule has 0 saturated carbocycles. The number of halogens is 2. The molecule has 0 aromatic heterocycles. The van der Waals surface area contributed by atoms with E-state index in [1.165, 1.54) is 13.3 Å². The zero-order valence-electron chi connectivity index (χ0n) is 18.0. The summed E-state index contributed by atoms with van der Waals surface area (Å²) >= 11 is 7.92. The minimum Gasteiger partial charge on any atom is -0.493 e. The number of nitrogens with zero attached hydrogens (tertiary/aromatic N) is 1. The number of nitrogens with one attached hydrogen (secondary N) is 2. The second kappa shape index (κ2) is 13.6. The lowest BCUT2D eigenvalue weighted by Gasteiger charge is -2.13. The Morgan fingerprint density at radius 3 is 2.61 bits per heavy atom. The van der Waals surface area contributed by atoms with Gasteiger partial charge in [0.2, 0.25) is 11.8 Å². The number of carbonyl (C=O) groups is 3. The van der Waals surface area contributed by atoms with E-state index in [9.17, 15) is 14.4 Å². The molecule has 176 valence electrons. The standard InChI is InChI=1S/C22H23ClIN3O6/c1-3-32-21(30)13-33-22-17(24)9-14(10-18(22)31-2)12-25-27-20(29)8-7-19(28)26-16-6-4-5-15(23)11-16/h4-6,9-12H,3,7-8,13H2,1-2H3,(H,26,28)(H,27,29). The van der Waals surface area contributed by atoms with Crippen LogP contribution in [-0.4, -0.2) is 44.3 Å². The number of esters is 1. The highest BCUT2D eigenvalue weighted by Gasteiger charge is 2.14. The first kappa shape index (κ1) is 26.4. The van der Waals surface area contributed by atoms with Gasteiger partial charge in [0.25, 0.3) is 0 Å². The van der Waals surface area contributed by atoms with Crippen LogP contribution in [0.4, 0.5) is 5.69 Å². The van der Waals surface area contributed by atoms with Crippen LogP contribution in [0.5, 0.6) is 11.5 Å². The van der Waals surface area contributed by atoms with E-state index in [4.69, 9.17) is 25.8 Å². The molecule has 33 heavy (non-hydrogen) atoms. The van der Waals surface area contributed by atoms with Gasteiger partial charge in [-0.15, -0.1) is 0 Å². The van der Waals surface area contributed by atoms with E-state index in [1.807, 2.05) is 22.6 Å². The van der Waals surface area contributed by atoms with Gasteiger partial charge in [-0.25, -0.2) is 10.2 Å². The molecular formula is C22H23ClIN3O6. The van der Waals surface area contributed by atoms with Crippen molar-refractivity contribution in [2.75, 3.05) is 25.6 Å². The Morgan fingerprint density at radius 2 is 1.91 bits per heavy atom. The molecule has 2 amide bonds. The SMILES string of the molecule is CCOC(=O)COc1c(I)cc(C=NNC(=O)CCC(=O)Nc2cccc(Cl)c2)cc1OC. The van der Waals surface area contributed by atoms with Crippen LogP contribution in [0.25, 0.3) is 0 Å². The van der Waals surface area contributed by atoms with E-state index in [2.05, 4.69) is 15.8 Å². The highest BCUT2D eigenvalue weighted by molar-refractivity contribution is 14.1. The van der Waals surface area contributed by atoms with Gasteiger partial charge in [0.15, 0.2) is 18.1 Å². The number of rotatable bonds is 11. The largest absolute Gasteiger partial charge is 0.493 e. The minimum atomic E-state index is -0.482. The van der Waals surface area contributed by atoms with Crippen LogP contribution in [-0.2, 0) is 19.1 Å². The number of amides is 2. The van der Waals surface area contributed by atoms with Gasteiger partial charge in [-0.1, -0.05) is 17.7 Å². The third-order valence-electron chi connectivity index (χ3n) is 3.98. The van der Waals surface area contributed by atoms with Gasteiger partial charge in [0, 0.05) is 23.6 Å². The molecule has 0 heterocycles. The fraction of sp³-hybridized carbons (Fsp3) is 0.273. The molecule has 2 rings (SSSR count). The predicted molar refractivity (Wildman–Crippen MR) is 133 cm³/mol. The van der Waals surface area contributed by atoms with Crippen molar-refractivity contribution >= 4 is 63.9 Å². The van der Waals surface area contributed by atoms with Crippen molar-refractivity contribution < 1.29 is 28.6 Å².